The lowest BCUT2D eigenvalue weighted by molar-refractivity contribution is 0.166. The first-order valence-corrected chi connectivity index (χ1v) is 5.05. The molecule has 0 aliphatic carbocycles. The van der Waals surface area contributed by atoms with E-state index in [1.807, 2.05) is 13.8 Å². The Kier molecular flexibility index (Phi) is 3.04. The Bertz CT molecular complexity index is 220. The first-order chi connectivity index (χ1) is 6.33. The Morgan fingerprint density at radius 2 is 2.29 bits per heavy atom. The lowest BCUT2D eigenvalue weighted by atomic mass is 9.78. The van der Waals surface area contributed by atoms with E-state index in [4.69, 9.17) is 5.11 Å². The average molecular weight is 200 g/mol. The molecular formula is C10H20N2O2. The minimum atomic E-state index is -0.940. The minimum Gasteiger partial charge on any atom is -0.465 e. The first-order valence-electron chi connectivity index (χ1n) is 5.05. The number of amides is 1. The zero-order valence-electron chi connectivity index (χ0n) is 9.18. The van der Waals surface area contributed by atoms with Gasteiger partial charge in [0.05, 0.1) is 0 Å². The molecule has 14 heavy (non-hydrogen) atoms. The third-order valence-electron chi connectivity index (χ3n) is 2.77. The van der Waals surface area contributed by atoms with Crippen LogP contribution in [-0.4, -0.2) is 29.8 Å². The molecule has 3 N–H and O–H groups in total. The van der Waals surface area contributed by atoms with Crippen LogP contribution in [0, 0.1) is 5.41 Å². The smallest absolute Gasteiger partial charge is 0.405 e. The van der Waals surface area contributed by atoms with E-state index in [0.717, 1.165) is 25.9 Å². The molecule has 1 aliphatic heterocycles. The molecule has 0 aromatic heterocycles. The maximum absolute atomic E-state index is 10.6. The van der Waals surface area contributed by atoms with Gasteiger partial charge < -0.3 is 15.7 Å². The van der Waals surface area contributed by atoms with Crippen molar-refractivity contribution >= 4 is 6.09 Å². The summed E-state index contributed by atoms with van der Waals surface area (Å²) < 4.78 is 0. The van der Waals surface area contributed by atoms with Gasteiger partial charge in [-0.05, 0) is 38.6 Å². The standard InChI is InChI=1S/C10H20N2O2/c1-9(2,12-8(13)14)6-10(3)4-5-11-7-10/h11-12H,4-7H2,1-3H3,(H,13,14)/t10-/m1/s1. The van der Waals surface area contributed by atoms with Crippen molar-refractivity contribution in [1.29, 1.82) is 0 Å². The number of hydrogen-bond donors (Lipinski definition) is 3. The molecule has 0 radical (unpaired) electrons. The van der Waals surface area contributed by atoms with Gasteiger partial charge in [0.1, 0.15) is 0 Å². The Morgan fingerprint density at radius 1 is 1.64 bits per heavy atom. The van der Waals surface area contributed by atoms with Crippen LogP contribution in [0.15, 0.2) is 0 Å². The molecule has 1 atom stereocenters. The van der Waals surface area contributed by atoms with Crippen LogP contribution >= 0.6 is 0 Å². The molecule has 0 aromatic rings. The molecule has 82 valence electrons. The van der Waals surface area contributed by atoms with Gasteiger partial charge in [0.2, 0.25) is 0 Å². The highest BCUT2D eigenvalue weighted by Gasteiger charge is 2.35. The Balaban J connectivity index is 2.52. The minimum absolute atomic E-state index is 0.228. The molecule has 0 unspecified atom stereocenters. The number of nitrogens with one attached hydrogen (secondary N) is 2. The van der Waals surface area contributed by atoms with Crippen molar-refractivity contribution in [2.45, 2.75) is 39.2 Å². The fraction of sp³-hybridized carbons (Fsp3) is 0.900. The Hall–Kier alpha value is -0.770. The zero-order chi connectivity index (χ0) is 10.8. The van der Waals surface area contributed by atoms with E-state index in [1.165, 1.54) is 0 Å². The molecule has 4 heteroatoms. The molecular weight excluding hydrogens is 180 g/mol. The fourth-order valence-corrected chi connectivity index (χ4v) is 2.42. The molecule has 0 spiro atoms. The average Bonchev–Trinajstić information content (AvgIpc) is 2.30. The number of carbonyl (C=O) groups is 1. The molecule has 1 aliphatic rings. The van der Waals surface area contributed by atoms with Crippen LogP contribution in [0.1, 0.15) is 33.6 Å². The van der Waals surface area contributed by atoms with E-state index in [1.54, 1.807) is 0 Å². The second-order valence-corrected chi connectivity index (χ2v) is 5.23. The van der Waals surface area contributed by atoms with Crippen LogP contribution < -0.4 is 10.6 Å². The fourth-order valence-electron chi connectivity index (χ4n) is 2.42. The Labute approximate surface area is 85.1 Å². The molecule has 1 rings (SSSR count). The second kappa shape index (κ2) is 3.77. The summed E-state index contributed by atoms with van der Waals surface area (Å²) in [6, 6.07) is 0. The van der Waals surface area contributed by atoms with Gasteiger partial charge in [0.15, 0.2) is 0 Å². The van der Waals surface area contributed by atoms with Crippen molar-refractivity contribution in [3.05, 3.63) is 0 Å². The van der Waals surface area contributed by atoms with Gasteiger partial charge in [-0.1, -0.05) is 6.92 Å². The first kappa shape index (κ1) is 11.3. The lowest BCUT2D eigenvalue weighted by Gasteiger charge is -2.34. The largest absolute Gasteiger partial charge is 0.465 e. The van der Waals surface area contributed by atoms with Crippen LogP contribution in [0.3, 0.4) is 0 Å². The van der Waals surface area contributed by atoms with Crippen molar-refractivity contribution in [2.24, 2.45) is 5.41 Å². The lowest BCUT2D eigenvalue weighted by Crippen LogP contribution is -2.46. The molecule has 1 saturated heterocycles. The number of hydrogen-bond acceptors (Lipinski definition) is 2. The van der Waals surface area contributed by atoms with E-state index in [2.05, 4.69) is 17.6 Å². The van der Waals surface area contributed by atoms with E-state index in [-0.39, 0.29) is 11.0 Å². The van der Waals surface area contributed by atoms with Gasteiger partial charge in [0.25, 0.3) is 0 Å². The third-order valence-corrected chi connectivity index (χ3v) is 2.77. The van der Waals surface area contributed by atoms with Crippen LogP contribution in [0.4, 0.5) is 4.79 Å². The van der Waals surface area contributed by atoms with Crippen molar-refractivity contribution in [2.75, 3.05) is 13.1 Å². The maximum atomic E-state index is 10.6. The highest BCUT2D eigenvalue weighted by atomic mass is 16.4. The zero-order valence-corrected chi connectivity index (χ0v) is 9.18. The predicted octanol–water partition coefficient (Wildman–Crippen LogP) is 1.42. The van der Waals surface area contributed by atoms with E-state index in [0.29, 0.717) is 0 Å². The summed E-state index contributed by atoms with van der Waals surface area (Å²) in [6.45, 7) is 8.10. The van der Waals surface area contributed by atoms with E-state index in [9.17, 15) is 4.79 Å². The predicted molar refractivity (Wildman–Crippen MR) is 55.5 cm³/mol. The SMILES string of the molecule is CC(C)(C[C@@]1(C)CCNC1)NC(=O)O. The number of carboxylic acid groups (broad SMARTS) is 1. The highest BCUT2D eigenvalue weighted by Crippen LogP contribution is 2.33. The molecule has 0 bridgehead atoms. The van der Waals surface area contributed by atoms with E-state index < -0.39 is 6.09 Å². The van der Waals surface area contributed by atoms with Crippen molar-refractivity contribution in [3.63, 3.8) is 0 Å². The summed E-state index contributed by atoms with van der Waals surface area (Å²) in [5.74, 6) is 0. The van der Waals surface area contributed by atoms with Gasteiger partial charge in [-0.2, -0.15) is 0 Å². The van der Waals surface area contributed by atoms with E-state index >= 15 is 0 Å². The topological polar surface area (TPSA) is 61.4 Å². The highest BCUT2D eigenvalue weighted by molar-refractivity contribution is 5.65. The molecule has 0 aromatic carbocycles. The van der Waals surface area contributed by atoms with Crippen LogP contribution in [0.2, 0.25) is 0 Å². The molecule has 0 saturated carbocycles. The molecule has 1 fully saturated rings. The summed E-state index contributed by atoms with van der Waals surface area (Å²) in [5.41, 5.74) is -0.113. The second-order valence-electron chi connectivity index (χ2n) is 5.23. The van der Waals surface area contributed by atoms with Crippen molar-refractivity contribution in [3.8, 4) is 0 Å². The van der Waals surface area contributed by atoms with Gasteiger partial charge in [0, 0.05) is 12.1 Å². The third kappa shape index (κ3) is 3.18. The van der Waals surface area contributed by atoms with Crippen LogP contribution in [0.25, 0.3) is 0 Å². The van der Waals surface area contributed by atoms with Crippen LogP contribution in [-0.2, 0) is 0 Å². The summed E-state index contributed by atoms with van der Waals surface area (Å²) in [4.78, 5) is 10.6. The summed E-state index contributed by atoms with van der Waals surface area (Å²) in [6.07, 6.45) is 1.06. The Morgan fingerprint density at radius 3 is 2.71 bits per heavy atom. The maximum Gasteiger partial charge on any atom is 0.405 e. The summed E-state index contributed by atoms with van der Waals surface area (Å²) >= 11 is 0. The summed E-state index contributed by atoms with van der Waals surface area (Å²) in [5, 5.41) is 14.6. The molecule has 4 nitrogen and oxygen atoms in total. The van der Waals surface area contributed by atoms with Gasteiger partial charge >= 0.3 is 6.09 Å². The van der Waals surface area contributed by atoms with Crippen molar-refractivity contribution < 1.29 is 9.90 Å². The normalized spacial score (nSPS) is 27.6. The molecule has 1 amide bonds. The number of rotatable bonds is 3. The van der Waals surface area contributed by atoms with Crippen LogP contribution in [0.5, 0.6) is 0 Å². The van der Waals surface area contributed by atoms with Gasteiger partial charge in [-0.15, -0.1) is 0 Å². The summed E-state index contributed by atoms with van der Waals surface area (Å²) in [7, 11) is 0. The van der Waals surface area contributed by atoms with Crippen molar-refractivity contribution in [1.82, 2.24) is 10.6 Å². The van der Waals surface area contributed by atoms with Gasteiger partial charge in [-0.3, -0.25) is 0 Å². The molecule has 1 heterocycles. The quantitative estimate of drug-likeness (QED) is 0.645. The van der Waals surface area contributed by atoms with Gasteiger partial charge in [-0.25, -0.2) is 4.79 Å². The monoisotopic (exact) mass is 200 g/mol.